The van der Waals surface area contributed by atoms with Crippen LogP contribution in [0.4, 0.5) is 18.9 Å². The molecule has 0 bridgehead atoms. The van der Waals surface area contributed by atoms with Crippen molar-refractivity contribution in [3.8, 4) is 0 Å². The van der Waals surface area contributed by atoms with E-state index in [0.29, 0.717) is 18.5 Å². The number of nitrogens with zero attached hydrogens (tertiary/aromatic N) is 1. The minimum absolute atomic E-state index is 0.0253. The molecule has 1 unspecified atom stereocenters. The van der Waals surface area contributed by atoms with Crippen molar-refractivity contribution < 1.29 is 18.1 Å². The Kier molecular flexibility index (Phi) is 6.61. The molecule has 2 aromatic rings. The summed E-state index contributed by atoms with van der Waals surface area (Å²) < 4.78 is 38.1. The van der Waals surface area contributed by atoms with Gasteiger partial charge in [0, 0.05) is 18.2 Å². The second kappa shape index (κ2) is 8.51. The third-order valence-electron chi connectivity index (χ3n) is 4.03. The third-order valence-corrected chi connectivity index (χ3v) is 4.35. The SMILES string of the molecule is CCC(NCCc1ccc(C(F)(F)F)c(Cl)c1)c1cccc([N+](=O)[O-])c1. The lowest BCUT2D eigenvalue weighted by atomic mass is 10.0. The molecule has 1 atom stereocenters. The van der Waals surface area contributed by atoms with Crippen LogP contribution in [0.15, 0.2) is 42.5 Å². The minimum Gasteiger partial charge on any atom is -0.310 e. The maximum Gasteiger partial charge on any atom is 0.417 e. The highest BCUT2D eigenvalue weighted by Gasteiger charge is 2.32. The van der Waals surface area contributed by atoms with Crippen molar-refractivity contribution in [1.29, 1.82) is 0 Å². The van der Waals surface area contributed by atoms with Gasteiger partial charge in [-0.1, -0.05) is 36.7 Å². The van der Waals surface area contributed by atoms with E-state index in [-0.39, 0.29) is 16.8 Å². The van der Waals surface area contributed by atoms with Gasteiger partial charge in [-0.3, -0.25) is 10.1 Å². The smallest absolute Gasteiger partial charge is 0.310 e. The van der Waals surface area contributed by atoms with E-state index in [4.69, 9.17) is 11.6 Å². The van der Waals surface area contributed by atoms with Gasteiger partial charge in [-0.15, -0.1) is 0 Å². The molecule has 2 rings (SSSR count). The Morgan fingerprint density at radius 1 is 1.23 bits per heavy atom. The van der Waals surface area contributed by atoms with Gasteiger partial charge in [0.25, 0.3) is 5.69 Å². The Labute approximate surface area is 154 Å². The van der Waals surface area contributed by atoms with E-state index in [1.165, 1.54) is 24.3 Å². The van der Waals surface area contributed by atoms with Crippen LogP contribution in [-0.4, -0.2) is 11.5 Å². The fourth-order valence-corrected chi connectivity index (χ4v) is 3.00. The summed E-state index contributed by atoms with van der Waals surface area (Å²) in [6, 6.07) is 10.0. The molecule has 0 spiro atoms. The van der Waals surface area contributed by atoms with E-state index in [1.807, 2.05) is 13.0 Å². The molecule has 1 N–H and O–H groups in total. The molecule has 8 heteroatoms. The number of nitro benzene ring substituents is 1. The number of nitro groups is 1. The molecule has 0 aliphatic heterocycles. The van der Waals surface area contributed by atoms with Gasteiger partial charge < -0.3 is 5.32 Å². The number of nitrogens with one attached hydrogen (secondary N) is 1. The highest BCUT2D eigenvalue weighted by molar-refractivity contribution is 6.31. The van der Waals surface area contributed by atoms with Crippen LogP contribution in [0, 0.1) is 10.1 Å². The Morgan fingerprint density at radius 3 is 2.54 bits per heavy atom. The van der Waals surface area contributed by atoms with Gasteiger partial charge in [0.05, 0.1) is 15.5 Å². The fourth-order valence-electron chi connectivity index (χ4n) is 2.69. The monoisotopic (exact) mass is 386 g/mol. The van der Waals surface area contributed by atoms with Crippen LogP contribution in [0.25, 0.3) is 0 Å². The first kappa shape index (κ1) is 20.2. The molecular weight excluding hydrogens is 369 g/mol. The summed E-state index contributed by atoms with van der Waals surface area (Å²) >= 11 is 5.72. The van der Waals surface area contributed by atoms with Crippen LogP contribution in [0.1, 0.15) is 36.1 Å². The molecule has 0 aromatic heterocycles. The van der Waals surface area contributed by atoms with E-state index in [2.05, 4.69) is 5.32 Å². The predicted molar refractivity (Wildman–Crippen MR) is 94.3 cm³/mol. The highest BCUT2D eigenvalue weighted by atomic mass is 35.5. The van der Waals surface area contributed by atoms with E-state index >= 15 is 0 Å². The third kappa shape index (κ3) is 5.19. The molecule has 0 aliphatic rings. The van der Waals surface area contributed by atoms with Crippen LogP contribution in [-0.2, 0) is 12.6 Å². The number of hydrogen-bond acceptors (Lipinski definition) is 3. The second-order valence-electron chi connectivity index (χ2n) is 5.83. The van der Waals surface area contributed by atoms with Crippen LogP contribution in [0.2, 0.25) is 5.02 Å². The summed E-state index contributed by atoms with van der Waals surface area (Å²) in [5.41, 5.74) is 0.660. The van der Waals surface area contributed by atoms with Gasteiger partial charge in [-0.05, 0) is 42.6 Å². The first-order chi connectivity index (χ1) is 12.2. The minimum atomic E-state index is -4.47. The van der Waals surface area contributed by atoms with Gasteiger partial charge in [-0.2, -0.15) is 13.2 Å². The molecule has 140 valence electrons. The zero-order valence-corrected chi connectivity index (χ0v) is 14.8. The number of halogens is 4. The molecule has 0 aliphatic carbocycles. The van der Waals surface area contributed by atoms with Crippen molar-refractivity contribution in [3.63, 3.8) is 0 Å². The first-order valence-corrected chi connectivity index (χ1v) is 8.43. The van der Waals surface area contributed by atoms with Crippen LogP contribution in [0.5, 0.6) is 0 Å². The summed E-state index contributed by atoms with van der Waals surface area (Å²) in [7, 11) is 0. The zero-order chi connectivity index (χ0) is 19.3. The van der Waals surface area contributed by atoms with Gasteiger partial charge in [0.15, 0.2) is 0 Å². The second-order valence-corrected chi connectivity index (χ2v) is 6.24. The lowest BCUT2D eigenvalue weighted by Crippen LogP contribution is -2.23. The Bertz CT molecular complexity index is 781. The quantitative estimate of drug-likeness (QED) is 0.501. The maximum atomic E-state index is 12.7. The molecule has 0 amide bonds. The average Bonchev–Trinajstić information content (AvgIpc) is 2.57. The van der Waals surface area contributed by atoms with Gasteiger partial charge >= 0.3 is 6.18 Å². The topological polar surface area (TPSA) is 55.2 Å². The standard InChI is InChI=1S/C18H18ClF3N2O2/c1-2-17(13-4-3-5-14(11-13)24(25)26)23-9-8-12-6-7-15(16(19)10-12)18(20,21)22/h3-7,10-11,17,23H,2,8-9H2,1H3. The first-order valence-electron chi connectivity index (χ1n) is 8.05. The Hall–Kier alpha value is -2.12. The molecule has 2 aromatic carbocycles. The van der Waals surface area contributed by atoms with Crippen molar-refractivity contribution in [1.82, 2.24) is 5.32 Å². The van der Waals surface area contributed by atoms with Crippen molar-refractivity contribution in [2.24, 2.45) is 0 Å². The molecule has 0 saturated heterocycles. The largest absolute Gasteiger partial charge is 0.417 e. The predicted octanol–water partition coefficient (Wildman–Crippen LogP) is 5.55. The lowest BCUT2D eigenvalue weighted by Gasteiger charge is -2.17. The molecule has 0 saturated carbocycles. The lowest BCUT2D eigenvalue weighted by molar-refractivity contribution is -0.384. The summed E-state index contributed by atoms with van der Waals surface area (Å²) in [5.74, 6) is 0. The zero-order valence-electron chi connectivity index (χ0n) is 14.0. The normalized spacial score (nSPS) is 12.8. The number of rotatable bonds is 7. The fraction of sp³-hybridized carbons (Fsp3) is 0.333. The maximum absolute atomic E-state index is 12.7. The van der Waals surface area contributed by atoms with Crippen molar-refractivity contribution in [2.45, 2.75) is 32.0 Å². The molecule has 0 heterocycles. The van der Waals surface area contributed by atoms with Gasteiger partial charge in [0.1, 0.15) is 0 Å². The van der Waals surface area contributed by atoms with Gasteiger partial charge in [0.2, 0.25) is 0 Å². The average molecular weight is 387 g/mol. The summed E-state index contributed by atoms with van der Waals surface area (Å²) in [5, 5.41) is 13.8. The Balaban J connectivity index is 2.00. The molecular formula is C18H18ClF3N2O2. The van der Waals surface area contributed by atoms with Crippen molar-refractivity contribution in [2.75, 3.05) is 6.54 Å². The van der Waals surface area contributed by atoms with E-state index in [9.17, 15) is 23.3 Å². The summed E-state index contributed by atoms with van der Waals surface area (Å²) in [6.07, 6.45) is -3.26. The summed E-state index contributed by atoms with van der Waals surface area (Å²) in [6.45, 7) is 2.45. The molecule has 0 fully saturated rings. The van der Waals surface area contributed by atoms with Crippen LogP contribution >= 0.6 is 11.6 Å². The Morgan fingerprint density at radius 2 is 1.96 bits per heavy atom. The molecule has 26 heavy (non-hydrogen) atoms. The number of non-ortho nitro benzene ring substituents is 1. The summed E-state index contributed by atoms with van der Waals surface area (Å²) in [4.78, 5) is 10.4. The molecule has 4 nitrogen and oxygen atoms in total. The van der Waals surface area contributed by atoms with Crippen molar-refractivity contribution in [3.05, 3.63) is 74.3 Å². The van der Waals surface area contributed by atoms with Crippen LogP contribution in [0.3, 0.4) is 0 Å². The van der Waals surface area contributed by atoms with E-state index < -0.39 is 16.7 Å². The number of alkyl halides is 3. The van der Waals surface area contributed by atoms with E-state index in [0.717, 1.165) is 18.1 Å². The van der Waals surface area contributed by atoms with Crippen LogP contribution < -0.4 is 5.32 Å². The van der Waals surface area contributed by atoms with Crippen molar-refractivity contribution >= 4 is 17.3 Å². The molecule has 0 radical (unpaired) electrons. The number of benzene rings is 2. The van der Waals surface area contributed by atoms with E-state index in [1.54, 1.807) is 6.07 Å². The number of hydrogen-bond donors (Lipinski definition) is 1. The van der Waals surface area contributed by atoms with Gasteiger partial charge in [-0.25, -0.2) is 0 Å². The highest BCUT2D eigenvalue weighted by Crippen LogP contribution is 2.35.